The van der Waals surface area contributed by atoms with Gasteiger partial charge >= 0.3 is 0 Å². The highest BCUT2D eigenvalue weighted by atomic mass is 35.5. The second kappa shape index (κ2) is 20.7. The summed E-state index contributed by atoms with van der Waals surface area (Å²) >= 11 is 9.98. The highest BCUT2D eigenvalue weighted by Crippen LogP contribution is 2.51. The van der Waals surface area contributed by atoms with Crippen molar-refractivity contribution >= 4 is 183 Å². The molecule has 6 nitrogen and oxygen atoms in total. The van der Waals surface area contributed by atoms with Gasteiger partial charge in [0.05, 0.1) is 48.0 Å². The van der Waals surface area contributed by atoms with Gasteiger partial charge in [0.25, 0.3) is 0 Å². The standard InChI is InChI=1S/C40H23N3S.C26H15NS.C14H9ClN2/c1-2-13-25(14-3-1)36-40(42-32-20-10-9-19-31(32)41-36)43-33-21-11-8-18-29(33)34-27-16-6-7-17-28(27)35-30-23-22-24-12-4-5-15-26(24)38(30)44-39(35)37(34)43;1-2-8-16-15(7-1)13-14-20-23-18-10-4-3-9-17(18)22-19-11-5-6-12-21(19)27-24(22)26(23)28-25(16)20;15-14-13(10-6-2-1-3-7-10)16-11-8-4-5-9-12(11)17-14/h1-23H;1-14,27H;1-9H. The molecule has 0 saturated carbocycles. The van der Waals surface area contributed by atoms with E-state index in [1.54, 1.807) is 0 Å². The molecule has 0 aliphatic rings. The fraction of sp³-hybridized carbons (Fsp3) is 0. The molecule has 6 heterocycles. The number of nitrogens with zero attached hydrogens (tertiary/aromatic N) is 5. The van der Waals surface area contributed by atoms with Crippen molar-refractivity contribution in [2.24, 2.45) is 0 Å². The van der Waals surface area contributed by atoms with Crippen LogP contribution in [0.15, 0.2) is 279 Å². The van der Waals surface area contributed by atoms with E-state index in [0.29, 0.717) is 5.15 Å². The van der Waals surface area contributed by atoms with E-state index in [4.69, 9.17) is 21.6 Å². The van der Waals surface area contributed by atoms with Crippen LogP contribution in [0.1, 0.15) is 0 Å². The third kappa shape index (κ3) is 8.15. The summed E-state index contributed by atoms with van der Waals surface area (Å²) < 4.78 is 7.72. The molecule has 0 bridgehead atoms. The minimum absolute atomic E-state index is 0.440. The first-order chi connectivity index (χ1) is 44.1. The van der Waals surface area contributed by atoms with Crippen LogP contribution in [0, 0.1) is 0 Å². The predicted molar refractivity (Wildman–Crippen MR) is 381 cm³/mol. The maximum atomic E-state index is 6.16. The zero-order valence-electron chi connectivity index (χ0n) is 47.5. The molecule has 89 heavy (non-hydrogen) atoms. The number of hydrogen-bond donors (Lipinski definition) is 1. The molecular formula is C80H47ClN6S2. The van der Waals surface area contributed by atoms with E-state index >= 15 is 0 Å². The Morgan fingerprint density at radius 3 is 1.34 bits per heavy atom. The first kappa shape index (κ1) is 51.4. The third-order valence-electron chi connectivity index (χ3n) is 17.5. The summed E-state index contributed by atoms with van der Waals surface area (Å²) in [6.45, 7) is 0. The SMILES string of the molecule is Clc1nc2ccccc2nc1-c1ccccc1.c1ccc(-c2nc3ccccc3nc2-n2c3ccccc3c3c4ccccc4c4c5ccc6ccccc6c5sc4c32)cc1.c1ccc2c(c1)ccc1c2sc2c3[nH]c4ccccc4c3c3ccccc3c12. The normalized spacial score (nSPS) is 11.9. The Morgan fingerprint density at radius 1 is 0.303 bits per heavy atom. The second-order valence-corrected chi connectivity index (χ2v) is 24.9. The topological polar surface area (TPSA) is 72.3 Å². The van der Waals surface area contributed by atoms with Gasteiger partial charge in [0, 0.05) is 69.1 Å². The summed E-state index contributed by atoms with van der Waals surface area (Å²) in [4.78, 5) is 23.3. The fourth-order valence-electron chi connectivity index (χ4n) is 13.6. The van der Waals surface area contributed by atoms with E-state index in [2.05, 4.69) is 226 Å². The van der Waals surface area contributed by atoms with Crippen LogP contribution in [-0.2, 0) is 0 Å². The number of para-hydroxylation sites is 6. The van der Waals surface area contributed by atoms with Gasteiger partial charge in [-0.05, 0) is 79.5 Å². The van der Waals surface area contributed by atoms with Crippen molar-refractivity contribution in [1.29, 1.82) is 0 Å². The Kier molecular flexibility index (Phi) is 11.9. The maximum absolute atomic E-state index is 6.16. The molecule has 0 saturated heterocycles. The highest BCUT2D eigenvalue weighted by Gasteiger charge is 2.26. The van der Waals surface area contributed by atoms with E-state index in [9.17, 15) is 0 Å². The number of halogens is 1. The van der Waals surface area contributed by atoms with Gasteiger partial charge in [0.2, 0.25) is 0 Å². The van der Waals surface area contributed by atoms with Crippen molar-refractivity contribution < 1.29 is 0 Å². The fourth-order valence-corrected chi connectivity index (χ4v) is 16.6. The summed E-state index contributed by atoms with van der Waals surface area (Å²) in [6.07, 6.45) is 0. The number of thiophene rings is 2. The first-order valence-corrected chi connectivity index (χ1v) is 31.7. The molecule has 20 rings (SSSR count). The van der Waals surface area contributed by atoms with Crippen molar-refractivity contribution in [3.05, 3.63) is 284 Å². The number of fused-ring (bicyclic) bond motifs is 26. The molecular weight excluding hydrogens is 1140 g/mol. The van der Waals surface area contributed by atoms with Crippen molar-refractivity contribution in [2.45, 2.75) is 0 Å². The molecule has 0 amide bonds. The maximum Gasteiger partial charge on any atom is 0.165 e. The summed E-state index contributed by atoms with van der Waals surface area (Å²) in [5, 5.41) is 21.3. The van der Waals surface area contributed by atoms with Gasteiger partial charge in [0.1, 0.15) is 11.4 Å². The zero-order valence-corrected chi connectivity index (χ0v) is 49.9. The molecule has 20 aromatic rings. The first-order valence-electron chi connectivity index (χ1n) is 29.7. The largest absolute Gasteiger partial charge is 0.353 e. The lowest BCUT2D eigenvalue weighted by Crippen LogP contribution is -2.03. The van der Waals surface area contributed by atoms with Gasteiger partial charge in [0.15, 0.2) is 11.0 Å². The molecule has 0 radical (unpaired) electrons. The number of benzene rings is 14. The molecule has 0 fully saturated rings. The molecule has 416 valence electrons. The zero-order chi connectivity index (χ0) is 58.7. The molecule has 0 aliphatic carbocycles. The Morgan fingerprint density at radius 2 is 0.730 bits per heavy atom. The summed E-state index contributed by atoms with van der Waals surface area (Å²) in [5.74, 6) is 0.847. The minimum Gasteiger partial charge on any atom is -0.353 e. The van der Waals surface area contributed by atoms with Crippen molar-refractivity contribution in [3.63, 3.8) is 0 Å². The smallest absolute Gasteiger partial charge is 0.165 e. The van der Waals surface area contributed by atoms with Gasteiger partial charge in [-0.2, -0.15) is 0 Å². The van der Waals surface area contributed by atoms with Crippen LogP contribution in [0.4, 0.5) is 0 Å². The van der Waals surface area contributed by atoms with E-state index in [-0.39, 0.29) is 0 Å². The van der Waals surface area contributed by atoms with E-state index in [1.807, 2.05) is 95.5 Å². The Hall–Kier alpha value is -10.9. The lowest BCUT2D eigenvalue weighted by Gasteiger charge is -2.14. The molecule has 9 heteroatoms. The van der Waals surface area contributed by atoms with Crippen LogP contribution in [0.5, 0.6) is 0 Å². The van der Waals surface area contributed by atoms with E-state index in [0.717, 1.165) is 55.9 Å². The quantitative estimate of drug-likeness (QED) is 0.191. The molecule has 6 aromatic heterocycles. The molecule has 0 spiro atoms. The number of aromatic amines is 1. The molecule has 0 unspecified atom stereocenters. The number of aromatic nitrogens is 6. The second-order valence-electron chi connectivity index (χ2n) is 22.5. The number of hydrogen-bond acceptors (Lipinski definition) is 6. The van der Waals surface area contributed by atoms with Crippen LogP contribution in [0.2, 0.25) is 5.15 Å². The lowest BCUT2D eigenvalue weighted by molar-refractivity contribution is 1.08. The summed E-state index contributed by atoms with van der Waals surface area (Å²) in [5.41, 5.74) is 11.9. The number of nitrogens with one attached hydrogen (secondary N) is 1. The van der Waals surface area contributed by atoms with E-state index < -0.39 is 0 Å². The van der Waals surface area contributed by atoms with Gasteiger partial charge in [-0.25, -0.2) is 19.9 Å². The van der Waals surface area contributed by atoms with Gasteiger partial charge < -0.3 is 4.98 Å². The molecule has 0 atom stereocenters. The average Bonchev–Trinajstić information content (AvgIpc) is 1.56. The average molecular weight is 1190 g/mol. The molecule has 0 aliphatic heterocycles. The van der Waals surface area contributed by atoms with Gasteiger partial charge in [-0.15, -0.1) is 22.7 Å². The van der Waals surface area contributed by atoms with Crippen molar-refractivity contribution in [1.82, 2.24) is 29.5 Å². The van der Waals surface area contributed by atoms with Crippen molar-refractivity contribution in [3.8, 4) is 28.3 Å². The third-order valence-corrected chi connectivity index (χ3v) is 20.3. The monoisotopic (exact) mass is 1190 g/mol. The number of rotatable bonds is 3. The Labute approximate surface area is 521 Å². The minimum atomic E-state index is 0.440. The van der Waals surface area contributed by atoms with Gasteiger partial charge in [-0.1, -0.05) is 254 Å². The van der Waals surface area contributed by atoms with Crippen LogP contribution < -0.4 is 0 Å². The Balaban J connectivity index is 0.000000112. The Bertz CT molecular complexity index is 6270. The summed E-state index contributed by atoms with van der Waals surface area (Å²) in [6, 6.07) is 97.9. The van der Waals surface area contributed by atoms with Crippen molar-refractivity contribution in [2.75, 3.05) is 0 Å². The predicted octanol–water partition coefficient (Wildman–Crippen LogP) is 23.0. The van der Waals surface area contributed by atoms with Gasteiger partial charge in [-0.3, -0.25) is 4.57 Å². The van der Waals surface area contributed by atoms with Crippen LogP contribution in [0.3, 0.4) is 0 Å². The molecule has 1 N–H and O–H groups in total. The van der Waals surface area contributed by atoms with Crippen LogP contribution in [-0.4, -0.2) is 29.5 Å². The highest BCUT2D eigenvalue weighted by molar-refractivity contribution is 7.28. The van der Waals surface area contributed by atoms with E-state index in [1.165, 1.54) is 122 Å². The summed E-state index contributed by atoms with van der Waals surface area (Å²) in [7, 11) is 0. The lowest BCUT2D eigenvalue weighted by atomic mass is 9.98. The molecule has 14 aromatic carbocycles. The van der Waals surface area contributed by atoms with Crippen LogP contribution in [0.25, 0.3) is 177 Å². The van der Waals surface area contributed by atoms with Crippen LogP contribution >= 0.6 is 34.3 Å². The number of H-pyrrole nitrogens is 1.